The third-order valence-corrected chi connectivity index (χ3v) is 2.09. The van der Waals surface area contributed by atoms with E-state index in [0.717, 1.165) is 12.1 Å². The average molecular weight is 193 g/mol. The molecule has 1 aromatic rings. The van der Waals surface area contributed by atoms with Gasteiger partial charge in [0.15, 0.2) is 0 Å². The van der Waals surface area contributed by atoms with Crippen molar-refractivity contribution in [2.24, 2.45) is 0 Å². The molecule has 0 atom stereocenters. The lowest BCUT2D eigenvalue weighted by Crippen LogP contribution is -2.08. The smallest absolute Gasteiger partial charge is 0.303 e. The van der Waals surface area contributed by atoms with Gasteiger partial charge in [0.1, 0.15) is 0 Å². The van der Waals surface area contributed by atoms with Gasteiger partial charge < -0.3 is 10.4 Å². The van der Waals surface area contributed by atoms with E-state index in [1.165, 1.54) is 5.56 Å². The van der Waals surface area contributed by atoms with Crippen molar-refractivity contribution in [2.45, 2.75) is 19.4 Å². The Morgan fingerprint density at radius 3 is 2.57 bits per heavy atom. The summed E-state index contributed by atoms with van der Waals surface area (Å²) in [5.74, 6) is -0.746. The minimum Gasteiger partial charge on any atom is -0.481 e. The molecule has 0 aliphatic rings. The summed E-state index contributed by atoms with van der Waals surface area (Å²) in [7, 11) is 1.88. The maximum absolute atomic E-state index is 10.4. The summed E-state index contributed by atoms with van der Waals surface area (Å²) in [5, 5.41) is 11.6. The maximum atomic E-state index is 10.4. The minimum atomic E-state index is -0.746. The fourth-order valence-corrected chi connectivity index (χ4v) is 1.41. The van der Waals surface area contributed by atoms with E-state index in [2.05, 4.69) is 5.32 Å². The van der Waals surface area contributed by atoms with Crippen LogP contribution in [0.2, 0.25) is 0 Å². The highest BCUT2D eigenvalue weighted by molar-refractivity contribution is 5.67. The van der Waals surface area contributed by atoms with Gasteiger partial charge in [0.2, 0.25) is 0 Å². The highest BCUT2D eigenvalue weighted by Crippen LogP contribution is 2.10. The van der Waals surface area contributed by atoms with E-state index in [9.17, 15) is 4.79 Å². The molecule has 0 saturated heterocycles. The van der Waals surface area contributed by atoms with Crippen molar-refractivity contribution in [3.63, 3.8) is 0 Å². The van der Waals surface area contributed by atoms with Crippen LogP contribution in [0, 0.1) is 0 Å². The zero-order valence-corrected chi connectivity index (χ0v) is 8.29. The van der Waals surface area contributed by atoms with Crippen molar-refractivity contribution in [1.29, 1.82) is 0 Å². The number of carboxylic acids is 1. The number of hydrogen-bond acceptors (Lipinski definition) is 2. The topological polar surface area (TPSA) is 49.3 Å². The van der Waals surface area contributed by atoms with Gasteiger partial charge >= 0.3 is 5.97 Å². The van der Waals surface area contributed by atoms with Crippen molar-refractivity contribution in [2.75, 3.05) is 7.05 Å². The lowest BCUT2D eigenvalue weighted by molar-refractivity contribution is -0.136. The molecule has 3 heteroatoms. The number of hydrogen-bond donors (Lipinski definition) is 2. The summed E-state index contributed by atoms with van der Waals surface area (Å²) in [6, 6.07) is 7.91. The van der Waals surface area contributed by atoms with Crippen LogP contribution >= 0.6 is 0 Å². The highest BCUT2D eigenvalue weighted by Gasteiger charge is 2.03. The number of carbonyl (C=O) groups is 1. The van der Waals surface area contributed by atoms with Crippen molar-refractivity contribution >= 4 is 5.97 Å². The zero-order valence-electron chi connectivity index (χ0n) is 8.29. The van der Waals surface area contributed by atoms with Crippen LogP contribution < -0.4 is 5.32 Å². The van der Waals surface area contributed by atoms with Crippen LogP contribution in [0.1, 0.15) is 17.5 Å². The Bertz CT molecular complexity index is 310. The number of aliphatic carboxylic acids is 1. The second kappa shape index (κ2) is 5.40. The summed E-state index contributed by atoms with van der Waals surface area (Å²) in [4.78, 5) is 10.4. The second-order valence-corrected chi connectivity index (χ2v) is 3.19. The third kappa shape index (κ3) is 3.18. The molecule has 1 aromatic carbocycles. The van der Waals surface area contributed by atoms with Gasteiger partial charge in [-0.25, -0.2) is 0 Å². The Balaban J connectivity index is 2.68. The van der Waals surface area contributed by atoms with Gasteiger partial charge in [0, 0.05) is 13.0 Å². The number of aryl methyl sites for hydroxylation is 1. The Hall–Kier alpha value is -1.35. The van der Waals surface area contributed by atoms with E-state index in [1.54, 1.807) is 0 Å². The van der Waals surface area contributed by atoms with Gasteiger partial charge in [-0.2, -0.15) is 0 Å². The molecular formula is C11H15NO2. The first-order chi connectivity index (χ1) is 6.74. The molecule has 0 bridgehead atoms. The van der Waals surface area contributed by atoms with Gasteiger partial charge in [0.05, 0.1) is 0 Å². The molecule has 0 aliphatic carbocycles. The molecule has 0 heterocycles. The minimum absolute atomic E-state index is 0.195. The average Bonchev–Trinajstić information content (AvgIpc) is 2.17. The number of nitrogens with one attached hydrogen (secondary N) is 1. The van der Waals surface area contributed by atoms with Crippen LogP contribution in [0.4, 0.5) is 0 Å². The molecule has 2 N–H and O–H groups in total. The van der Waals surface area contributed by atoms with Gasteiger partial charge in [-0.3, -0.25) is 4.79 Å². The van der Waals surface area contributed by atoms with E-state index < -0.39 is 5.97 Å². The lowest BCUT2D eigenvalue weighted by Gasteiger charge is -2.07. The zero-order chi connectivity index (χ0) is 10.4. The highest BCUT2D eigenvalue weighted by atomic mass is 16.4. The molecule has 0 aromatic heterocycles. The van der Waals surface area contributed by atoms with Crippen molar-refractivity contribution in [1.82, 2.24) is 5.32 Å². The molecule has 14 heavy (non-hydrogen) atoms. The lowest BCUT2D eigenvalue weighted by atomic mass is 10.0. The van der Waals surface area contributed by atoms with Gasteiger partial charge in [0.25, 0.3) is 0 Å². The molecule has 76 valence electrons. The first-order valence-electron chi connectivity index (χ1n) is 4.67. The van der Waals surface area contributed by atoms with E-state index in [0.29, 0.717) is 6.42 Å². The molecule has 1 rings (SSSR count). The molecule has 3 nitrogen and oxygen atoms in total. The Labute approximate surface area is 83.8 Å². The van der Waals surface area contributed by atoms with Crippen LogP contribution in [0.5, 0.6) is 0 Å². The van der Waals surface area contributed by atoms with Crippen LogP contribution in [-0.2, 0) is 17.8 Å². The summed E-state index contributed by atoms with van der Waals surface area (Å²) >= 11 is 0. The van der Waals surface area contributed by atoms with E-state index in [1.807, 2.05) is 31.3 Å². The standard InChI is InChI=1S/C11H15NO2/c1-12-8-10-5-3-2-4-9(10)6-7-11(13)14/h2-5,12H,6-8H2,1H3,(H,13,14). The summed E-state index contributed by atoms with van der Waals surface area (Å²) < 4.78 is 0. The predicted molar refractivity (Wildman–Crippen MR) is 55.2 cm³/mol. The van der Waals surface area contributed by atoms with Crippen molar-refractivity contribution < 1.29 is 9.90 Å². The van der Waals surface area contributed by atoms with Crippen LogP contribution in [-0.4, -0.2) is 18.1 Å². The number of benzene rings is 1. The first kappa shape index (κ1) is 10.7. The third-order valence-electron chi connectivity index (χ3n) is 2.09. The van der Waals surface area contributed by atoms with Gasteiger partial charge in [-0.15, -0.1) is 0 Å². The molecular weight excluding hydrogens is 178 g/mol. The van der Waals surface area contributed by atoms with E-state index in [4.69, 9.17) is 5.11 Å². The maximum Gasteiger partial charge on any atom is 0.303 e. The van der Waals surface area contributed by atoms with Crippen LogP contribution in [0.15, 0.2) is 24.3 Å². The molecule has 0 saturated carbocycles. The fourth-order valence-electron chi connectivity index (χ4n) is 1.41. The Morgan fingerprint density at radius 2 is 2.00 bits per heavy atom. The monoisotopic (exact) mass is 193 g/mol. The van der Waals surface area contributed by atoms with Gasteiger partial charge in [-0.05, 0) is 24.6 Å². The van der Waals surface area contributed by atoms with E-state index >= 15 is 0 Å². The predicted octanol–water partition coefficient (Wildman–Crippen LogP) is 1.42. The van der Waals surface area contributed by atoms with Crippen LogP contribution in [0.25, 0.3) is 0 Å². The fraction of sp³-hybridized carbons (Fsp3) is 0.364. The molecule has 0 aliphatic heterocycles. The normalized spacial score (nSPS) is 10.1. The molecule has 0 spiro atoms. The van der Waals surface area contributed by atoms with Crippen molar-refractivity contribution in [3.8, 4) is 0 Å². The quantitative estimate of drug-likeness (QED) is 0.743. The van der Waals surface area contributed by atoms with Crippen molar-refractivity contribution in [3.05, 3.63) is 35.4 Å². The Kier molecular flexibility index (Phi) is 4.13. The van der Waals surface area contributed by atoms with Gasteiger partial charge in [-0.1, -0.05) is 24.3 Å². The summed E-state index contributed by atoms with van der Waals surface area (Å²) in [6.45, 7) is 0.787. The molecule has 0 fully saturated rings. The van der Waals surface area contributed by atoms with E-state index in [-0.39, 0.29) is 6.42 Å². The molecule has 0 radical (unpaired) electrons. The summed E-state index contributed by atoms with van der Waals surface area (Å²) in [6.07, 6.45) is 0.800. The molecule has 0 unspecified atom stereocenters. The largest absolute Gasteiger partial charge is 0.481 e. The molecule has 0 amide bonds. The SMILES string of the molecule is CNCc1ccccc1CCC(=O)O. The van der Waals surface area contributed by atoms with Crippen LogP contribution in [0.3, 0.4) is 0 Å². The first-order valence-corrected chi connectivity index (χ1v) is 4.67. The second-order valence-electron chi connectivity index (χ2n) is 3.19. The Morgan fingerprint density at radius 1 is 1.36 bits per heavy atom. The number of carboxylic acid groups (broad SMARTS) is 1. The summed E-state index contributed by atoms with van der Waals surface area (Å²) in [5.41, 5.74) is 2.29. The number of rotatable bonds is 5.